The van der Waals surface area contributed by atoms with E-state index in [0.29, 0.717) is 29.6 Å². The molecule has 10 nitrogen and oxygen atoms in total. The number of nitrogens with two attached hydrogens (primary N) is 1. The number of piperidine rings is 1. The van der Waals surface area contributed by atoms with Crippen molar-refractivity contribution in [2.24, 2.45) is 46.8 Å². The lowest BCUT2D eigenvalue weighted by Crippen LogP contribution is -2.44. The van der Waals surface area contributed by atoms with Crippen LogP contribution in [0.2, 0.25) is 0 Å². The van der Waals surface area contributed by atoms with Gasteiger partial charge in [0.2, 0.25) is 5.91 Å². The molecule has 318 valence electrons. The van der Waals surface area contributed by atoms with Crippen molar-refractivity contribution in [3.05, 3.63) is 60.9 Å². The fourth-order valence-electron chi connectivity index (χ4n) is 14.6. The van der Waals surface area contributed by atoms with E-state index < -0.39 is 0 Å². The molecule has 4 saturated carbocycles. The second kappa shape index (κ2) is 15.7. The summed E-state index contributed by atoms with van der Waals surface area (Å²) in [5.74, 6) is 8.12. The summed E-state index contributed by atoms with van der Waals surface area (Å²) in [5, 5.41) is 6.03. The molecule has 1 amide bonds. The first-order chi connectivity index (χ1) is 29.3. The zero-order chi connectivity index (χ0) is 40.5. The molecule has 6 unspecified atom stereocenters. The third kappa shape index (κ3) is 7.31. The van der Waals surface area contributed by atoms with Gasteiger partial charge in [-0.2, -0.15) is 5.10 Å². The number of rotatable bonds is 9. The maximum atomic E-state index is 13.9. The van der Waals surface area contributed by atoms with Crippen molar-refractivity contribution in [3.63, 3.8) is 0 Å². The molecule has 4 aromatic rings. The SMILES string of the molecule is CCC1CC2CC(C)CC(CC(=O)N3C[C@H]4CC(N5C[C@H]6CC(N7CCC(n8nc(-c9ccc(Oc%10ccccc%10)cc9)c9c(N)ncnc98)CC7)C[C@H]6C5)C[C@H]4C3)(C1)C2. The van der Waals surface area contributed by atoms with Gasteiger partial charge in [0.15, 0.2) is 5.65 Å². The van der Waals surface area contributed by atoms with E-state index in [1.54, 1.807) is 6.33 Å². The Morgan fingerprint density at radius 1 is 0.767 bits per heavy atom. The number of likely N-dealkylation sites (tertiary alicyclic amines) is 3. The maximum Gasteiger partial charge on any atom is 0.223 e. The van der Waals surface area contributed by atoms with E-state index in [-0.39, 0.29) is 11.5 Å². The summed E-state index contributed by atoms with van der Waals surface area (Å²) in [6.45, 7) is 11.6. The Balaban J connectivity index is 0.669. The predicted molar refractivity (Wildman–Crippen MR) is 236 cm³/mol. The largest absolute Gasteiger partial charge is 0.457 e. The minimum absolute atomic E-state index is 0.278. The quantitative estimate of drug-likeness (QED) is 0.179. The van der Waals surface area contributed by atoms with Gasteiger partial charge in [-0.25, -0.2) is 14.6 Å². The van der Waals surface area contributed by atoms with Crippen molar-refractivity contribution >= 4 is 22.8 Å². The van der Waals surface area contributed by atoms with Crippen LogP contribution in [-0.2, 0) is 4.79 Å². The first-order valence-electron chi connectivity index (χ1n) is 23.8. The van der Waals surface area contributed by atoms with Gasteiger partial charge < -0.3 is 20.3 Å². The van der Waals surface area contributed by atoms with Crippen molar-refractivity contribution in [1.82, 2.24) is 34.4 Å². The highest BCUT2D eigenvalue weighted by Crippen LogP contribution is 2.56. The van der Waals surface area contributed by atoms with Crippen LogP contribution < -0.4 is 10.5 Å². The summed E-state index contributed by atoms with van der Waals surface area (Å²) in [6.07, 6.45) is 17.8. The summed E-state index contributed by atoms with van der Waals surface area (Å²) in [5.41, 5.74) is 9.43. The topological polar surface area (TPSA) is 106 Å². The molecule has 3 saturated heterocycles. The Morgan fingerprint density at radius 3 is 2.13 bits per heavy atom. The number of aromatic nitrogens is 4. The highest BCUT2D eigenvalue weighted by molar-refractivity contribution is 5.98. The van der Waals surface area contributed by atoms with Gasteiger partial charge in [0, 0.05) is 63.3 Å². The molecule has 7 aliphatic rings. The number of carbonyl (C=O) groups excluding carboxylic acids is 1. The fourth-order valence-corrected chi connectivity index (χ4v) is 14.6. The zero-order valence-corrected chi connectivity index (χ0v) is 36.0. The van der Waals surface area contributed by atoms with Crippen molar-refractivity contribution in [2.75, 3.05) is 45.0 Å². The van der Waals surface area contributed by atoms with Crippen LogP contribution >= 0.6 is 0 Å². The lowest BCUT2D eigenvalue weighted by molar-refractivity contribution is -0.136. The first-order valence-corrected chi connectivity index (χ1v) is 23.8. The fraction of sp³-hybridized carbons (Fsp3) is 0.640. The number of hydrogen-bond donors (Lipinski definition) is 1. The minimum atomic E-state index is 0.278. The van der Waals surface area contributed by atoms with Gasteiger partial charge in [-0.05, 0) is 154 Å². The molecule has 10 heteroatoms. The number of benzene rings is 2. The normalized spacial score (nSPS) is 34.6. The van der Waals surface area contributed by atoms with Crippen molar-refractivity contribution in [1.29, 1.82) is 0 Å². The van der Waals surface area contributed by atoms with Gasteiger partial charge in [0.1, 0.15) is 29.3 Å². The number of ether oxygens (including phenoxy) is 1. The monoisotopic (exact) mass is 811 g/mol. The Kier molecular flexibility index (Phi) is 10.2. The molecule has 0 spiro atoms. The second-order valence-electron chi connectivity index (χ2n) is 21.0. The van der Waals surface area contributed by atoms with E-state index in [1.807, 2.05) is 42.5 Å². The number of fused-ring (bicyclic) bond motifs is 5. The van der Waals surface area contributed by atoms with Crippen LogP contribution in [0.3, 0.4) is 0 Å². The van der Waals surface area contributed by atoms with Gasteiger partial charge >= 0.3 is 0 Å². The molecule has 4 aliphatic carbocycles. The molecular weight excluding hydrogens is 745 g/mol. The van der Waals surface area contributed by atoms with Crippen LogP contribution in [-0.4, -0.2) is 91.7 Å². The molecule has 3 aliphatic heterocycles. The van der Waals surface area contributed by atoms with Crippen LogP contribution in [0, 0.1) is 46.8 Å². The molecule has 0 radical (unpaired) electrons. The van der Waals surface area contributed by atoms with E-state index in [2.05, 4.69) is 50.3 Å². The van der Waals surface area contributed by atoms with Crippen molar-refractivity contribution in [2.45, 2.75) is 115 Å². The number of nitrogen functional groups attached to an aromatic ring is 1. The summed E-state index contributed by atoms with van der Waals surface area (Å²) in [6, 6.07) is 19.6. The number of carbonyl (C=O) groups is 1. The summed E-state index contributed by atoms with van der Waals surface area (Å²) in [4.78, 5) is 31.1. The van der Waals surface area contributed by atoms with Crippen LogP contribution in [0.4, 0.5) is 5.82 Å². The highest BCUT2D eigenvalue weighted by atomic mass is 16.5. The number of anilines is 1. The van der Waals surface area contributed by atoms with Crippen molar-refractivity contribution < 1.29 is 9.53 Å². The van der Waals surface area contributed by atoms with E-state index in [0.717, 1.165) is 115 Å². The van der Waals surface area contributed by atoms with Gasteiger partial charge in [0.05, 0.1) is 11.4 Å². The average molecular weight is 811 g/mol. The standard InChI is InChI=1S/C50H66N8O2/c1-3-33-18-34-17-32(2)23-50(24-33,25-34)26-45(59)57-29-38-21-42(22-39(38)30-57)56-27-36-19-41(20-37(36)28-56)55-15-13-40(14-16-55)58-49-46(48(51)52-31-53-49)47(54-58)35-9-11-44(12-10-35)60-43-7-5-4-6-8-43/h4-12,31-34,36-42H,3,13-30H2,1-2H3,(H2,51,52,53)/t32?,33?,34?,36-,37+,38-,39+,41?,42?,50?. The number of hydrogen-bond acceptors (Lipinski definition) is 8. The Morgan fingerprint density at radius 2 is 1.43 bits per heavy atom. The summed E-state index contributed by atoms with van der Waals surface area (Å²) in [7, 11) is 0. The lowest BCUT2D eigenvalue weighted by Gasteiger charge is -2.50. The molecule has 10 atom stereocenters. The van der Waals surface area contributed by atoms with Crippen LogP contribution in [0.25, 0.3) is 22.3 Å². The molecule has 2 aromatic heterocycles. The molecular formula is C50H66N8O2. The van der Waals surface area contributed by atoms with Crippen LogP contribution in [0.5, 0.6) is 11.5 Å². The smallest absolute Gasteiger partial charge is 0.223 e. The number of para-hydroxylation sites is 1. The minimum Gasteiger partial charge on any atom is -0.457 e. The Labute approximate surface area is 356 Å². The van der Waals surface area contributed by atoms with E-state index in [9.17, 15) is 4.79 Å². The van der Waals surface area contributed by atoms with E-state index in [1.165, 1.54) is 77.3 Å². The zero-order valence-electron chi connectivity index (χ0n) is 36.0. The molecule has 7 fully saturated rings. The highest BCUT2D eigenvalue weighted by Gasteiger charge is 2.51. The van der Waals surface area contributed by atoms with E-state index in [4.69, 9.17) is 20.6 Å². The Bertz CT molecular complexity index is 2140. The molecule has 2 aromatic carbocycles. The van der Waals surface area contributed by atoms with E-state index >= 15 is 0 Å². The van der Waals surface area contributed by atoms with Gasteiger partial charge in [-0.3, -0.25) is 9.69 Å². The van der Waals surface area contributed by atoms with Gasteiger partial charge in [0.25, 0.3) is 0 Å². The average Bonchev–Trinajstić information content (AvgIpc) is 4.07. The third-order valence-corrected chi connectivity index (χ3v) is 17.1. The molecule has 5 heterocycles. The predicted octanol–water partition coefficient (Wildman–Crippen LogP) is 9.08. The first kappa shape index (κ1) is 38.9. The van der Waals surface area contributed by atoms with Gasteiger partial charge in [-0.1, -0.05) is 38.5 Å². The summed E-state index contributed by atoms with van der Waals surface area (Å²) >= 11 is 0. The number of nitrogens with zero attached hydrogens (tertiary/aromatic N) is 7. The Hall–Kier alpha value is -4.02. The second-order valence-corrected chi connectivity index (χ2v) is 21.0. The lowest BCUT2D eigenvalue weighted by atomic mass is 9.55. The number of amides is 1. The maximum absolute atomic E-state index is 13.9. The third-order valence-electron chi connectivity index (χ3n) is 17.1. The van der Waals surface area contributed by atoms with Gasteiger partial charge in [-0.15, -0.1) is 0 Å². The molecule has 2 N–H and O–H groups in total. The molecule has 60 heavy (non-hydrogen) atoms. The van der Waals surface area contributed by atoms with Crippen molar-refractivity contribution in [3.8, 4) is 22.8 Å². The molecule has 11 rings (SSSR count). The van der Waals surface area contributed by atoms with Crippen LogP contribution in [0.15, 0.2) is 60.9 Å². The van der Waals surface area contributed by atoms with Crippen LogP contribution in [0.1, 0.15) is 103 Å². The summed E-state index contributed by atoms with van der Waals surface area (Å²) < 4.78 is 8.19. The molecule has 2 bridgehead atoms.